The van der Waals surface area contributed by atoms with Crippen LogP contribution in [0.15, 0.2) is 53.0 Å². The predicted octanol–water partition coefficient (Wildman–Crippen LogP) is 4.00. The number of urea groups is 1. The Morgan fingerprint density at radius 2 is 1.90 bits per heavy atom. The summed E-state index contributed by atoms with van der Waals surface area (Å²) in [6.07, 6.45) is 2.92. The van der Waals surface area contributed by atoms with Crippen LogP contribution in [-0.4, -0.2) is 44.9 Å². The summed E-state index contributed by atoms with van der Waals surface area (Å²) in [6.45, 7) is 1.55. The summed E-state index contributed by atoms with van der Waals surface area (Å²) in [5, 5.41) is 2.91. The van der Waals surface area contributed by atoms with Gasteiger partial charge in [0.15, 0.2) is 0 Å². The van der Waals surface area contributed by atoms with Crippen LogP contribution in [-0.2, 0) is 21.4 Å². The van der Waals surface area contributed by atoms with E-state index in [4.69, 9.17) is 8.92 Å². The Bertz CT molecular complexity index is 926. The molecule has 0 aromatic heterocycles. The number of carbonyl (C=O) groups excluding carboxylic acids is 1. The zero-order chi connectivity index (χ0) is 20.9. The van der Waals surface area contributed by atoms with Crippen LogP contribution >= 0.6 is 15.9 Å². The Morgan fingerprint density at radius 3 is 2.48 bits per heavy atom. The first-order valence-electron chi connectivity index (χ1n) is 9.20. The average molecular weight is 483 g/mol. The van der Waals surface area contributed by atoms with Gasteiger partial charge in [-0.05, 0) is 54.8 Å². The molecule has 0 aliphatic carbocycles. The topological polar surface area (TPSA) is 84.9 Å². The van der Waals surface area contributed by atoms with Crippen LogP contribution in [0.4, 0.5) is 10.5 Å². The maximum Gasteiger partial charge on any atom is 0.322 e. The zero-order valence-corrected chi connectivity index (χ0v) is 18.4. The lowest BCUT2D eigenvalue weighted by Crippen LogP contribution is -2.39. The third kappa shape index (κ3) is 7.02. The van der Waals surface area contributed by atoms with Crippen LogP contribution in [0, 0.1) is 0 Å². The molecule has 1 aliphatic rings. The number of nitrogens with zero attached hydrogens (tertiary/aromatic N) is 1. The van der Waals surface area contributed by atoms with Crippen LogP contribution in [0.3, 0.4) is 0 Å². The average Bonchev–Trinajstić information content (AvgIpc) is 3.16. The van der Waals surface area contributed by atoms with Crippen LogP contribution in [0.2, 0.25) is 0 Å². The van der Waals surface area contributed by atoms with Crippen LogP contribution in [0.25, 0.3) is 0 Å². The van der Waals surface area contributed by atoms with E-state index in [1.165, 1.54) is 0 Å². The minimum Gasteiger partial charge on any atom is -0.383 e. The fourth-order valence-electron chi connectivity index (χ4n) is 3.03. The molecule has 0 bridgehead atoms. The van der Waals surface area contributed by atoms with E-state index in [1.54, 1.807) is 29.2 Å². The number of carbonyl (C=O) groups is 1. The van der Waals surface area contributed by atoms with Gasteiger partial charge in [-0.25, -0.2) is 4.79 Å². The Labute approximate surface area is 179 Å². The lowest BCUT2D eigenvalue weighted by atomic mass is 10.2. The molecule has 29 heavy (non-hydrogen) atoms. The summed E-state index contributed by atoms with van der Waals surface area (Å²) < 4.78 is 34.0. The van der Waals surface area contributed by atoms with E-state index in [-0.39, 0.29) is 17.9 Å². The molecule has 1 atom stereocenters. The van der Waals surface area contributed by atoms with E-state index >= 15 is 0 Å². The highest BCUT2D eigenvalue weighted by Gasteiger charge is 2.23. The highest BCUT2D eigenvalue weighted by Crippen LogP contribution is 2.20. The van der Waals surface area contributed by atoms with Gasteiger partial charge in [0.1, 0.15) is 5.75 Å². The summed E-state index contributed by atoms with van der Waals surface area (Å²) in [5.74, 6) is 0.237. The van der Waals surface area contributed by atoms with Gasteiger partial charge in [0, 0.05) is 29.9 Å². The maximum atomic E-state index is 12.9. The molecule has 0 unspecified atom stereocenters. The Balaban J connectivity index is 1.70. The second kappa shape index (κ2) is 9.60. The van der Waals surface area contributed by atoms with Gasteiger partial charge in [0.05, 0.1) is 12.4 Å². The lowest BCUT2D eigenvalue weighted by Gasteiger charge is -2.26. The molecule has 0 spiro atoms. The highest BCUT2D eigenvalue weighted by molar-refractivity contribution is 9.10. The van der Waals surface area contributed by atoms with E-state index in [0.717, 1.165) is 29.1 Å². The highest BCUT2D eigenvalue weighted by atomic mass is 79.9. The summed E-state index contributed by atoms with van der Waals surface area (Å²) >= 11 is 3.38. The van der Waals surface area contributed by atoms with Crippen molar-refractivity contribution in [1.29, 1.82) is 0 Å². The van der Waals surface area contributed by atoms with Crippen LogP contribution in [0.1, 0.15) is 18.4 Å². The van der Waals surface area contributed by atoms with E-state index in [1.807, 2.05) is 24.3 Å². The predicted molar refractivity (Wildman–Crippen MR) is 114 cm³/mol. The second-order valence-electron chi connectivity index (χ2n) is 6.88. The largest absolute Gasteiger partial charge is 0.383 e. The number of benzene rings is 2. The van der Waals surface area contributed by atoms with Crippen molar-refractivity contribution in [1.82, 2.24) is 4.90 Å². The molecule has 156 valence electrons. The standard InChI is InChI=1S/C20H23BrN2O5S/c1-29(25,26)28-18-10-4-15(5-11-18)13-23(14-19-3-2-12-27-19)20(24)22-17-8-6-16(21)7-9-17/h4-11,19H,2-3,12-14H2,1H3,(H,22,24)/t19-/m1/s1. The molecule has 2 aromatic rings. The van der Waals surface area contributed by atoms with Crippen molar-refractivity contribution in [2.45, 2.75) is 25.5 Å². The molecule has 1 saturated heterocycles. The third-order valence-corrected chi connectivity index (χ3v) is 5.40. The first-order chi connectivity index (χ1) is 13.8. The van der Waals surface area contributed by atoms with Gasteiger partial charge in [-0.1, -0.05) is 28.1 Å². The quantitative estimate of drug-likeness (QED) is 0.602. The molecule has 0 radical (unpaired) electrons. The zero-order valence-electron chi connectivity index (χ0n) is 16.0. The number of hydrogen-bond acceptors (Lipinski definition) is 5. The molecule has 0 saturated carbocycles. The number of ether oxygens (including phenoxy) is 1. The van der Waals surface area contributed by atoms with Crippen molar-refractivity contribution >= 4 is 37.8 Å². The number of rotatable bonds is 7. The molecule has 9 heteroatoms. The van der Waals surface area contributed by atoms with Crippen molar-refractivity contribution in [2.24, 2.45) is 0 Å². The van der Waals surface area contributed by atoms with Gasteiger partial charge in [0.25, 0.3) is 0 Å². The number of anilines is 1. The maximum absolute atomic E-state index is 12.9. The molecule has 3 rings (SSSR count). The molecule has 1 aliphatic heterocycles. The fourth-order valence-corrected chi connectivity index (χ4v) is 3.76. The van der Waals surface area contributed by atoms with Gasteiger partial charge in [-0.3, -0.25) is 0 Å². The first-order valence-corrected chi connectivity index (χ1v) is 11.8. The van der Waals surface area contributed by atoms with Crippen molar-refractivity contribution in [3.8, 4) is 5.75 Å². The van der Waals surface area contributed by atoms with Crippen LogP contribution < -0.4 is 9.50 Å². The minimum atomic E-state index is -3.57. The fraction of sp³-hybridized carbons (Fsp3) is 0.350. The number of hydrogen-bond donors (Lipinski definition) is 1. The lowest BCUT2D eigenvalue weighted by molar-refractivity contribution is 0.0819. The Morgan fingerprint density at radius 1 is 1.21 bits per heavy atom. The third-order valence-electron chi connectivity index (χ3n) is 4.38. The SMILES string of the molecule is CS(=O)(=O)Oc1ccc(CN(C[C@H]2CCCO2)C(=O)Nc2ccc(Br)cc2)cc1. The molecule has 2 aromatic carbocycles. The number of amides is 2. The number of halogens is 1. The molecular weight excluding hydrogens is 460 g/mol. The number of nitrogens with one attached hydrogen (secondary N) is 1. The molecule has 7 nitrogen and oxygen atoms in total. The normalized spacial score (nSPS) is 16.4. The first kappa shape index (κ1) is 21.6. The van der Waals surface area contributed by atoms with Gasteiger partial charge >= 0.3 is 16.1 Å². The Hall–Kier alpha value is -2.10. The molecule has 1 heterocycles. The van der Waals surface area contributed by atoms with Crippen molar-refractivity contribution in [3.05, 3.63) is 58.6 Å². The molecular formula is C20H23BrN2O5S. The van der Waals surface area contributed by atoms with Gasteiger partial charge in [0.2, 0.25) is 0 Å². The second-order valence-corrected chi connectivity index (χ2v) is 9.37. The molecule has 1 fully saturated rings. The van der Waals surface area contributed by atoms with Crippen LogP contribution in [0.5, 0.6) is 5.75 Å². The van der Waals surface area contributed by atoms with E-state index in [0.29, 0.717) is 25.4 Å². The van der Waals surface area contributed by atoms with Gasteiger partial charge in [-0.2, -0.15) is 8.42 Å². The van der Waals surface area contributed by atoms with Gasteiger partial charge in [-0.15, -0.1) is 0 Å². The Kier molecular flexibility index (Phi) is 7.15. The van der Waals surface area contributed by atoms with Crippen molar-refractivity contribution in [3.63, 3.8) is 0 Å². The summed E-state index contributed by atoms with van der Waals surface area (Å²) in [6, 6.07) is 13.8. The summed E-state index contributed by atoms with van der Waals surface area (Å²) in [4.78, 5) is 14.6. The molecule has 1 N–H and O–H groups in total. The summed E-state index contributed by atoms with van der Waals surface area (Å²) in [7, 11) is -3.57. The van der Waals surface area contributed by atoms with E-state index in [2.05, 4.69) is 21.2 Å². The van der Waals surface area contributed by atoms with Gasteiger partial charge < -0.3 is 19.1 Å². The van der Waals surface area contributed by atoms with Crippen molar-refractivity contribution in [2.75, 3.05) is 24.7 Å². The monoisotopic (exact) mass is 482 g/mol. The summed E-state index contributed by atoms with van der Waals surface area (Å²) in [5.41, 5.74) is 1.56. The van der Waals surface area contributed by atoms with E-state index in [9.17, 15) is 13.2 Å². The minimum absolute atomic E-state index is 0.0125. The smallest absolute Gasteiger partial charge is 0.322 e. The molecule has 2 amide bonds. The van der Waals surface area contributed by atoms with Crippen molar-refractivity contribution < 1.29 is 22.1 Å². The van der Waals surface area contributed by atoms with E-state index < -0.39 is 10.1 Å².